The molecule has 3 rings (SSSR count). The predicted molar refractivity (Wildman–Crippen MR) is 69.2 cm³/mol. The van der Waals surface area contributed by atoms with Crippen LogP contribution in [0.4, 0.5) is 11.4 Å². The highest BCUT2D eigenvalue weighted by molar-refractivity contribution is 6.01. The molecule has 1 aromatic carbocycles. The summed E-state index contributed by atoms with van der Waals surface area (Å²) in [4.78, 5) is 12.4. The normalized spacial score (nSPS) is 20.5. The first-order valence-corrected chi connectivity index (χ1v) is 6.34. The van der Waals surface area contributed by atoms with E-state index in [0.29, 0.717) is 17.8 Å². The summed E-state index contributed by atoms with van der Waals surface area (Å²) in [5.74, 6) is 0.0638. The van der Waals surface area contributed by atoms with Crippen molar-refractivity contribution in [1.82, 2.24) is 0 Å². The van der Waals surface area contributed by atoms with Gasteiger partial charge < -0.3 is 10.6 Å². The monoisotopic (exact) mass is 241 g/mol. The predicted octanol–water partition coefficient (Wildman–Crippen LogP) is 2.48. The summed E-state index contributed by atoms with van der Waals surface area (Å²) in [6, 6.07) is 7.60. The summed E-state index contributed by atoms with van der Waals surface area (Å²) in [6.45, 7) is 0.667. The largest absolute Gasteiger partial charge is 0.382 e. The maximum Gasteiger partial charge on any atom is 0.232 e. The zero-order valence-corrected chi connectivity index (χ0v) is 10.1. The molecule has 0 radical (unpaired) electrons. The molecule has 4 heteroatoms. The fraction of sp³-hybridized carbons (Fsp3) is 0.429. The van der Waals surface area contributed by atoms with Gasteiger partial charge in [-0.1, -0.05) is 18.9 Å². The number of benzene rings is 1. The van der Waals surface area contributed by atoms with E-state index >= 15 is 0 Å². The fourth-order valence-electron chi connectivity index (χ4n) is 2.97. The van der Waals surface area contributed by atoms with Crippen molar-refractivity contribution in [3.63, 3.8) is 0 Å². The molecule has 0 saturated heterocycles. The second-order valence-electron chi connectivity index (χ2n) is 5.14. The molecule has 1 fully saturated rings. The number of hydrogen-bond acceptors (Lipinski definition) is 3. The van der Waals surface area contributed by atoms with E-state index in [0.717, 1.165) is 31.4 Å². The highest BCUT2D eigenvalue weighted by Gasteiger charge is 2.42. The van der Waals surface area contributed by atoms with Gasteiger partial charge in [0.1, 0.15) is 6.07 Å². The average Bonchev–Trinajstić information content (AvgIpc) is 2.81. The molecule has 4 nitrogen and oxygen atoms in total. The van der Waals surface area contributed by atoms with Gasteiger partial charge in [0, 0.05) is 6.54 Å². The first kappa shape index (κ1) is 11.1. The van der Waals surface area contributed by atoms with Crippen molar-refractivity contribution in [1.29, 1.82) is 5.26 Å². The van der Waals surface area contributed by atoms with Crippen molar-refractivity contribution in [2.75, 3.05) is 17.2 Å². The van der Waals surface area contributed by atoms with Gasteiger partial charge in [-0.05, 0) is 25.0 Å². The minimum Gasteiger partial charge on any atom is -0.382 e. The Labute approximate surface area is 106 Å². The molecule has 1 aliphatic heterocycles. The molecule has 1 heterocycles. The zero-order valence-electron chi connectivity index (χ0n) is 10.1. The molecule has 0 bridgehead atoms. The van der Waals surface area contributed by atoms with E-state index in [-0.39, 0.29) is 11.3 Å². The van der Waals surface area contributed by atoms with Crippen LogP contribution in [0.2, 0.25) is 0 Å². The summed E-state index contributed by atoms with van der Waals surface area (Å²) in [7, 11) is 0. The Balaban J connectivity index is 2.02. The van der Waals surface area contributed by atoms with E-state index in [1.807, 2.05) is 12.1 Å². The van der Waals surface area contributed by atoms with Crippen LogP contribution in [0.25, 0.3) is 0 Å². The van der Waals surface area contributed by atoms with Gasteiger partial charge in [-0.25, -0.2) is 0 Å². The lowest BCUT2D eigenvalue weighted by atomic mass is 9.85. The molecule has 0 aromatic heterocycles. The second-order valence-corrected chi connectivity index (χ2v) is 5.14. The third-order valence-corrected chi connectivity index (χ3v) is 4.08. The van der Waals surface area contributed by atoms with Gasteiger partial charge in [0.15, 0.2) is 0 Å². The van der Waals surface area contributed by atoms with E-state index in [4.69, 9.17) is 5.26 Å². The fourth-order valence-corrected chi connectivity index (χ4v) is 2.97. The van der Waals surface area contributed by atoms with Crippen molar-refractivity contribution in [3.05, 3.63) is 23.8 Å². The molecule has 1 amide bonds. The summed E-state index contributed by atoms with van der Waals surface area (Å²) in [6.07, 6.45) is 4.08. The molecule has 2 aliphatic rings. The third kappa shape index (κ3) is 1.55. The standard InChI is InChI=1S/C14H15N3O/c15-8-10-4-3-5-11-12(10)17-13(18)14(9-16-11)6-1-2-7-14/h3-5,16H,1-2,6-7,9H2,(H,17,18). The molecular weight excluding hydrogens is 226 g/mol. The molecule has 0 atom stereocenters. The lowest BCUT2D eigenvalue weighted by Crippen LogP contribution is -2.37. The van der Waals surface area contributed by atoms with Crippen LogP contribution in [0.5, 0.6) is 0 Å². The summed E-state index contributed by atoms with van der Waals surface area (Å²) in [5.41, 5.74) is 1.72. The number of nitrogens with one attached hydrogen (secondary N) is 2. The summed E-state index contributed by atoms with van der Waals surface area (Å²) < 4.78 is 0. The van der Waals surface area contributed by atoms with Crippen LogP contribution < -0.4 is 10.6 Å². The van der Waals surface area contributed by atoms with Crippen LogP contribution in [0.15, 0.2) is 18.2 Å². The van der Waals surface area contributed by atoms with E-state index in [2.05, 4.69) is 16.7 Å². The van der Waals surface area contributed by atoms with Gasteiger partial charge in [0.2, 0.25) is 5.91 Å². The third-order valence-electron chi connectivity index (χ3n) is 4.08. The Hall–Kier alpha value is -2.02. The molecule has 92 valence electrons. The number of nitriles is 1. The molecular formula is C14H15N3O. The smallest absolute Gasteiger partial charge is 0.232 e. The molecule has 1 saturated carbocycles. The molecule has 2 N–H and O–H groups in total. The van der Waals surface area contributed by atoms with E-state index < -0.39 is 0 Å². The van der Waals surface area contributed by atoms with Crippen LogP contribution >= 0.6 is 0 Å². The maximum atomic E-state index is 12.4. The van der Waals surface area contributed by atoms with E-state index in [9.17, 15) is 4.79 Å². The van der Waals surface area contributed by atoms with Crippen molar-refractivity contribution < 1.29 is 4.79 Å². The minimum atomic E-state index is -0.286. The lowest BCUT2D eigenvalue weighted by Gasteiger charge is -2.24. The van der Waals surface area contributed by atoms with Gasteiger partial charge in [-0.3, -0.25) is 4.79 Å². The van der Waals surface area contributed by atoms with Crippen LogP contribution in [0, 0.1) is 16.7 Å². The topological polar surface area (TPSA) is 64.9 Å². The van der Waals surface area contributed by atoms with Gasteiger partial charge >= 0.3 is 0 Å². The van der Waals surface area contributed by atoms with Crippen LogP contribution in [0.1, 0.15) is 31.2 Å². The first-order chi connectivity index (χ1) is 8.75. The number of anilines is 2. The quantitative estimate of drug-likeness (QED) is 0.733. The van der Waals surface area contributed by atoms with E-state index in [1.165, 1.54) is 0 Å². The van der Waals surface area contributed by atoms with Crippen LogP contribution in [-0.4, -0.2) is 12.5 Å². The number of carbonyl (C=O) groups excluding carboxylic acids is 1. The van der Waals surface area contributed by atoms with Gasteiger partial charge in [0.25, 0.3) is 0 Å². The first-order valence-electron chi connectivity index (χ1n) is 6.34. The highest BCUT2D eigenvalue weighted by atomic mass is 16.2. The lowest BCUT2D eigenvalue weighted by molar-refractivity contribution is -0.124. The Kier molecular flexibility index (Phi) is 2.48. The number of rotatable bonds is 0. The molecule has 18 heavy (non-hydrogen) atoms. The van der Waals surface area contributed by atoms with Gasteiger partial charge in [0.05, 0.1) is 22.4 Å². The van der Waals surface area contributed by atoms with Crippen molar-refractivity contribution in [3.8, 4) is 6.07 Å². The van der Waals surface area contributed by atoms with Crippen molar-refractivity contribution in [2.45, 2.75) is 25.7 Å². The number of hydrogen-bond donors (Lipinski definition) is 2. The number of para-hydroxylation sites is 1. The van der Waals surface area contributed by atoms with Gasteiger partial charge in [-0.2, -0.15) is 5.26 Å². The Morgan fingerprint density at radius 3 is 2.78 bits per heavy atom. The summed E-state index contributed by atoms with van der Waals surface area (Å²) in [5, 5.41) is 15.4. The van der Waals surface area contributed by atoms with Crippen molar-refractivity contribution >= 4 is 17.3 Å². The number of fused-ring (bicyclic) bond motifs is 1. The second kappa shape index (κ2) is 4.02. The molecule has 1 aromatic rings. The molecule has 0 unspecified atom stereocenters. The Bertz CT molecular complexity index is 538. The highest BCUT2D eigenvalue weighted by Crippen LogP contribution is 2.42. The minimum absolute atomic E-state index is 0.0638. The van der Waals surface area contributed by atoms with Crippen LogP contribution in [0.3, 0.4) is 0 Å². The Morgan fingerprint density at radius 2 is 2.06 bits per heavy atom. The summed E-state index contributed by atoms with van der Waals surface area (Å²) >= 11 is 0. The Morgan fingerprint density at radius 1 is 1.28 bits per heavy atom. The SMILES string of the molecule is N#Cc1cccc2c1NC(=O)C1(CCCC1)CN2. The number of carbonyl (C=O) groups is 1. The van der Waals surface area contributed by atoms with Crippen LogP contribution in [-0.2, 0) is 4.79 Å². The maximum absolute atomic E-state index is 12.4. The molecule has 1 spiro atoms. The number of nitrogens with zero attached hydrogens (tertiary/aromatic N) is 1. The van der Waals surface area contributed by atoms with Gasteiger partial charge in [-0.15, -0.1) is 0 Å². The van der Waals surface area contributed by atoms with E-state index in [1.54, 1.807) is 6.07 Å². The average molecular weight is 241 g/mol. The number of amides is 1. The zero-order chi connectivity index (χ0) is 12.6. The molecule has 1 aliphatic carbocycles. The van der Waals surface area contributed by atoms with Crippen molar-refractivity contribution in [2.24, 2.45) is 5.41 Å².